The quantitative estimate of drug-likeness (QED) is 0.783. The van der Waals surface area contributed by atoms with Crippen molar-refractivity contribution in [3.8, 4) is 11.3 Å². The smallest absolute Gasteiger partial charge is 0.272 e. The minimum absolute atomic E-state index is 0.159. The standard InChI is InChI=1S/C18H17N5O/c24-17-13-6-5-11(9-12(13)10-19-22-17)16-14-3-1-4-15(14)20-18(21-16)23-7-2-8-23/h5-6,9-10H,1-4,7-8H2,(H,22,24). The molecule has 120 valence electrons. The van der Waals surface area contributed by atoms with Gasteiger partial charge in [-0.15, -0.1) is 0 Å². The van der Waals surface area contributed by atoms with Crippen LogP contribution in [0.1, 0.15) is 24.1 Å². The third-order valence-corrected chi connectivity index (χ3v) is 5.00. The van der Waals surface area contributed by atoms with Crippen LogP contribution >= 0.6 is 0 Å². The largest absolute Gasteiger partial charge is 0.341 e. The minimum atomic E-state index is -0.159. The van der Waals surface area contributed by atoms with Gasteiger partial charge in [0.05, 0.1) is 17.3 Å². The van der Waals surface area contributed by atoms with E-state index in [1.54, 1.807) is 6.20 Å². The van der Waals surface area contributed by atoms with E-state index in [0.29, 0.717) is 5.39 Å². The van der Waals surface area contributed by atoms with Crippen LogP contribution in [0, 0.1) is 0 Å². The van der Waals surface area contributed by atoms with E-state index in [4.69, 9.17) is 9.97 Å². The van der Waals surface area contributed by atoms with Gasteiger partial charge in [-0.1, -0.05) is 6.07 Å². The Bertz CT molecular complexity index is 1010. The van der Waals surface area contributed by atoms with Crippen LogP contribution in [-0.2, 0) is 12.8 Å². The molecule has 1 N–H and O–H groups in total. The van der Waals surface area contributed by atoms with Gasteiger partial charge in [0, 0.05) is 35.3 Å². The summed E-state index contributed by atoms with van der Waals surface area (Å²) in [5.41, 5.74) is 4.34. The van der Waals surface area contributed by atoms with E-state index >= 15 is 0 Å². The fraction of sp³-hybridized carbons (Fsp3) is 0.333. The van der Waals surface area contributed by atoms with Crippen LogP contribution in [0.25, 0.3) is 22.0 Å². The maximum atomic E-state index is 11.9. The fourth-order valence-electron chi connectivity index (χ4n) is 3.56. The molecule has 3 aromatic rings. The number of rotatable bonds is 2. The topological polar surface area (TPSA) is 74.8 Å². The summed E-state index contributed by atoms with van der Waals surface area (Å²) in [6.07, 6.45) is 6.09. The number of fused-ring (bicyclic) bond motifs is 2. The lowest BCUT2D eigenvalue weighted by Gasteiger charge is -2.31. The maximum Gasteiger partial charge on any atom is 0.272 e. The Labute approximate surface area is 138 Å². The molecule has 0 saturated carbocycles. The van der Waals surface area contributed by atoms with Crippen molar-refractivity contribution in [2.75, 3.05) is 18.0 Å². The first-order chi connectivity index (χ1) is 11.8. The average molecular weight is 319 g/mol. The predicted molar refractivity (Wildman–Crippen MR) is 92.2 cm³/mol. The lowest BCUT2D eigenvalue weighted by Crippen LogP contribution is -2.38. The van der Waals surface area contributed by atoms with Gasteiger partial charge < -0.3 is 4.90 Å². The average Bonchev–Trinajstić information content (AvgIpc) is 3.01. The highest BCUT2D eigenvalue weighted by molar-refractivity contribution is 5.86. The number of nitrogens with zero attached hydrogens (tertiary/aromatic N) is 4. The number of nitrogens with one attached hydrogen (secondary N) is 1. The van der Waals surface area contributed by atoms with Crippen molar-refractivity contribution >= 4 is 16.7 Å². The van der Waals surface area contributed by atoms with Crippen molar-refractivity contribution in [2.24, 2.45) is 0 Å². The summed E-state index contributed by atoms with van der Waals surface area (Å²) in [7, 11) is 0. The highest BCUT2D eigenvalue weighted by atomic mass is 16.1. The number of hydrogen-bond donors (Lipinski definition) is 1. The van der Waals surface area contributed by atoms with E-state index < -0.39 is 0 Å². The van der Waals surface area contributed by atoms with Crippen LogP contribution in [0.3, 0.4) is 0 Å². The van der Waals surface area contributed by atoms with Crippen molar-refractivity contribution in [2.45, 2.75) is 25.7 Å². The van der Waals surface area contributed by atoms with Gasteiger partial charge in [-0.3, -0.25) is 4.79 Å². The molecule has 5 rings (SSSR count). The van der Waals surface area contributed by atoms with Gasteiger partial charge >= 0.3 is 0 Å². The van der Waals surface area contributed by atoms with Crippen LogP contribution in [0.5, 0.6) is 0 Å². The molecule has 1 aliphatic heterocycles. The molecule has 1 aromatic carbocycles. The van der Waals surface area contributed by atoms with Crippen molar-refractivity contribution in [3.63, 3.8) is 0 Å². The molecular formula is C18H17N5O. The normalized spacial score (nSPS) is 16.2. The van der Waals surface area contributed by atoms with Crippen molar-refractivity contribution in [1.82, 2.24) is 20.2 Å². The molecule has 1 fully saturated rings. The highest BCUT2D eigenvalue weighted by Gasteiger charge is 2.24. The first kappa shape index (κ1) is 13.7. The number of aryl methyl sites for hydroxylation is 1. The zero-order valence-corrected chi connectivity index (χ0v) is 13.2. The van der Waals surface area contributed by atoms with E-state index in [1.165, 1.54) is 17.7 Å². The number of H-pyrrole nitrogens is 1. The van der Waals surface area contributed by atoms with Crippen LogP contribution in [0.15, 0.2) is 29.2 Å². The summed E-state index contributed by atoms with van der Waals surface area (Å²) in [4.78, 5) is 23.7. The summed E-state index contributed by atoms with van der Waals surface area (Å²) in [6.45, 7) is 2.07. The summed E-state index contributed by atoms with van der Waals surface area (Å²) in [5.74, 6) is 0.848. The Hall–Kier alpha value is -2.76. The van der Waals surface area contributed by atoms with Crippen LogP contribution in [0.4, 0.5) is 5.95 Å². The van der Waals surface area contributed by atoms with E-state index in [-0.39, 0.29) is 5.56 Å². The molecule has 0 amide bonds. The van der Waals surface area contributed by atoms with Crippen LogP contribution in [0.2, 0.25) is 0 Å². The SMILES string of the molecule is O=c1[nH]ncc2cc(-c3nc(N4CCC4)nc4c3CCC4)ccc12. The second kappa shape index (κ2) is 5.12. The van der Waals surface area contributed by atoms with Gasteiger partial charge in [-0.2, -0.15) is 5.10 Å². The molecule has 0 unspecified atom stereocenters. The molecule has 6 nitrogen and oxygen atoms in total. The monoisotopic (exact) mass is 319 g/mol. The Morgan fingerprint density at radius 1 is 1.08 bits per heavy atom. The molecule has 1 aliphatic carbocycles. The summed E-state index contributed by atoms with van der Waals surface area (Å²) < 4.78 is 0. The van der Waals surface area contributed by atoms with Crippen molar-refractivity contribution in [1.29, 1.82) is 0 Å². The Morgan fingerprint density at radius 3 is 2.83 bits per heavy atom. The van der Waals surface area contributed by atoms with Gasteiger partial charge in [-0.25, -0.2) is 15.1 Å². The number of aromatic amines is 1. The summed E-state index contributed by atoms with van der Waals surface area (Å²) in [6, 6.07) is 5.86. The number of hydrogen-bond acceptors (Lipinski definition) is 5. The van der Waals surface area contributed by atoms with E-state index in [1.807, 2.05) is 18.2 Å². The highest BCUT2D eigenvalue weighted by Crippen LogP contribution is 2.33. The molecule has 1 saturated heterocycles. The number of benzene rings is 1. The zero-order valence-electron chi connectivity index (χ0n) is 13.2. The Morgan fingerprint density at radius 2 is 2.00 bits per heavy atom. The van der Waals surface area contributed by atoms with Crippen molar-refractivity contribution in [3.05, 3.63) is 46.0 Å². The Kier molecular flexibility index (Phi) is 2.92. The van der Waals surface area contributed by atoms with Crippen molar-refractivity contribution < 1.29 is 0 Å². The second-order valence-electron chi connectivity index (χ2n) is 6.49. The molecule has 2 aromatic heterocycles. The second-order valence-corrected chi connectivity index (χ2v) is 6.49. The maximum absolute atomic E-state index is 11.9. The Balaban J connectivity index is 1.71. The third-order valence-electron chi connectivity index (χ3n) is 5.00. The predicted octanol–water partition coefficient (Wildman–Crippen LogP) is 2.08. The van der Waals surface area contributed by atoms with Gasteiger partial charge in [0.25, 0.3) is 5.56 Å². The summed E-state index contributed by atoms with van der Waals surface area (Å²) in [5, 5.41) is 7.88. The molecule has 0 radical (unpaired) electrons. The molecule has 0 bridgehead atoms. The molecule has 3 heterocycles. The molecular weight excluding hydrogens is 302 g/mol. The fourth-order valence-corrected chi connectivity index (χ4v) is 3.56. The van der Waals surface area contributed by atoms with Crippen LogP contribution in [-0.4, -0.2) is 33.3 Å². The van der Waals surface area contributed by atoms with Crippen LogP contribution < -0.4 is 10.5 Å². The summed E-state index contributed by atoms with van der Waals surface area (Å²) >= 11 is 0. The number of anilines is 1. The minimum Gasteiger partial charge on any atom is -0.341 e. The zero-order chi connectivity index (χ0) is 16.1. The van der Waals surface area contributed by atoms with E-state index in [9.17, 15) is 4.79 Å². The molecule has 6 heteroatoms. The third kappa shape index (κ3) is 2.02. The molecule has 0 atom stereocenters. The molecule has 0 spiro atoms. The van der Waals surface area contributed by atoms with E-state index in [0.717, 1.165) is 54.9 Å². The number of aromatic nitrogens is 4. The molecule has 24 heavy (non-hydrogen) atoms. The lowest BCUT2D eigenvalue weighted by molar-refractivity contribution is 0.599. The first-order valence-electron chi connectivity index (χ1n) is 8.42. The molecule has 2 aliphatic rings. The van der Waals surface area contributed by atoms with Gasteiger partial charge in [-0.05, 0) is 37.8 Å². The van der Waals surface area contributed by atoms with Gasteiger partial charge in [0.1, 0.15) is 0 Å². The lowest BCUT2D eigenvalue weighted by atomic mass is 10.0. The van der Waals surface area contributed by atoms with E-state index in [2.05, 4.69) is 15.1 Å². The van der Waals surface area contributed by atoms with Gasteiger partial charge in [0.15, 0.2) is 0 Å². The van der Waals surface area contributed by atoms with Gasteiger partial charge in [0.2, 0.25) is 5.95 Å². The first-order valence-corrected chi connectivity index (χ1v) is 8.42.